The first-order chi connectivity index (χ1) is 12.1. The summed E-state index contributed by atoms with van der Waals surface area (Å²) in [5, 5.41) is 15.0. The molecule has 0 aliphatic carbocycles. The van der Waals surface area contributed by atoms with Gasteiger partial charge in [-0.3, -0.25) is 4.79 Å². The molecule has 0 unspecified atom stereocenters. The van der Waals surface area contributed by atoms with Gasteiger partial charge in [-0.05, 0) is 11.6 Å². The summed E-state index contributed by atoms with van der Waals surface area (Å²) in [4.78, 5) is 28.7. The summed E-state index contributed by atoms with van der Waals surface area (Å²) >= 11 is 0. The Morgan fingerprint density at radius 2 is 1.80 bits per heavy atom. The van der Waals surface area contributed by atoms with Crippen molar-refractivity contribution >= 4 is 22.9 Å². The highest BCUT2D eigenvalue weighted by molar-refractivity contribution is 5.95. The molecule has 0 bridgehead atoms. The molecule has 0 saturated carbocycles. The second-order valence-corrected chi connectivity index (χ2v) is 5.27. The van der Waals surface area contributed by atoms with E-state index in [0.29, 0.717) is 15.8 Å². The van der Waals surface area contributed by atoms with Crippen LogP contribution in [0.2, 0.25) is 0 Å². The largest absolute Gasteiger partial charge is 0.618 e. The van der Waals surface area contributed by atoms with Crippen LogP contribution in [0.15, 0.2) is 60.8 Å². The van der Waals surface area contributed by atoms with Crippen LogP contribution in [-0.4, -0.2) is 24.0 Å². The third-order valence-corrected chi connectivity index (χ3v) is 3.72. The average Bonchev–Trinajstić information content (AvgIpc) is 2.66. The number of hydrogen-bond acceptors (Lipinski definition) is 5. The number of rotatable bonds is 4. The van der Waals surface area contributed by atoms with Crippen molar-refractivity contribution in [3.63, 3.8) is 0 Å². The van der Waals surface area contributed by atoms with Crippen LogP contribution < -0.4 is 10.0 Å². The molecule has 1 aromatic heterocycles. The van der Waals surface area contributed by atoms with Crippen molar-refractivity contribution in [1.82, 2.24) is 10.3 Å². The summed E-state index contributed by atoms with van der Waals surface area (Å²) in [6.45, 7) is 0. The summed E-state index contributed by atoms with van der Waals surface area (Å²) in [6, 6.07) is 14.3. The topological polar surface area (TPSA) is 95.2 Å². The summed E-state index contributed by atoms with van der Waals surface area (Å²) in [7, 11) is 1.23. The molecule has 1 N–H and O–H groups in total. The van der Waals surface area contributed by atoms with E-state index in [2.05, 4.69) is 10.3 Å². The SMILES string of the molecule is COC(=O)[C@@H](NC(=O)c1cnc2ccccc2[n+]1[O-])c1ccccc1. The number of carbonyl (C=O) groups excluding carboxylic acids is 2. The maximum Gasteiger partial charge on any atom is 0.333 e. The standard InChI is InChI=1S/C18H15N3O4/c1-25-18(23)16(12-7-3-2-4-8-12)20-17(22)15-11-19-13-9-5-6-10-14(13)21(15)24/h2-11,16H,1H3,(H,20,22)/t16-/m0/s1. The highest BCUT2D eigenvalue weighted by atomic mass is 16.5. The van der Waals surface area contributed by atoms with E-state index < -0.39 is 17.9 Å². The maximum absolute atomic E-state index is 12.5. The monoisotopic (exact) mass is 337 g/mol. The number of benzene rings is 2. The number of amides is 1. The van der Waals surface area contributed by atoms with Gasteiger partial charge in [-0.25, -0.2) is 9.78 Å². The van der Waals surface area contributed by atoms with Gasteiger partial charge in [0, 0.05) is 6.07 Å². The van der Waals surface area contributed by atoms with E-state index in [1.807, 2.05) is 0 Å². The Morgan fingerprint density at radius 3 is 2.52 bits per heavy atom. The quantitative estimate of drug-likeness (QED) is 0.442. The molecule has 1 amide bonds. The van der Waals surface area contributed by atoms with Gasteiger partial charge in [0.15, 0.2) is 6.04 Å². The lowest BCUT2D eigenvalue weighted by Gasteiger charge is -2.16. The molecule has 25 heavy (non-hydrogen) atoms. The average molecular weight is 337 g/mol. The number of nitrogens with zero attached hydrogens (tertiary/aromatic N) is 2. The van der Waals surface area contributed by atoms with Gasteiger partial charge in [-0.2, -0.15) is 4.73 Å². The summed E-state index contributed by atoms with van der Waals surface area (Å²) in [5.74, 6) is -1.35. The van der Waals surface area contributed by atoms with Crippen LogP contribution in [0, 0.1) is 5.21 Å². The molecule has 7 nitrogen and oxygen atoms in total. The normalized spacial score (nSPS) is 11.7. The fraction of sp³-hybridized carbons (Fsp3) is 0.111. The van der Waals surface area contributed by atoms with Crippen molar-refractivity contribution in [3.8, 4) is 0 Å². The van der Waals surface area contributed by atoms with E-state index in [0.717, 1.165) is 0 Å². The lowest BCUT2D eigenvalue weighted by Crippen LogP contribution is -2.43. The van der Waals surface area contributed by atoms with Crippen molar-refractivity contribution < 1.29 is 19.1 Å². The minimum Gasteiger partial charge on any atom is -0.618 e. The molecule has 1 heterocycles. The van der Waals surface area contributed by atoms with Crippen LogP contribution in [0.25, 0.3) is 11.0 Å². The fourth-order valence-corrected chi connectivity index (χ4v) is 2.46. The van der Waals surface area contributed by atoms with Crippen molar-refractivity contribution in [2.75, 3.05) is 7.11 Å². The van der Waals surface area contributed by atoms with E-state index in [1.165, 1.54) is 13.3 Å². The molecule has 7 heteroatoms. The molecule has 0 aliphatic rings. The number of esters is 1. The molecular weight excluding hydrogens is 322 g/mol. The molecule has 0 spiro atoms. The van der Waals surface area contributed by atoms with Gasteiger partial charge in [-0.1, -0.05) is 42.5 Å². The maximum atomic E-state index is 12.5. The number of nitrogens with one attached hydrogen (secondary N) is 1. The van der Waals surface area contributed by atoms with Gasteiger partial charge in [-0.15, -0.1) is 0 Å². The van der Waals surface area contributed by atoms with E-state index in [-0.39, 0.29) is 11.2 Å². The Kier molecular flexibility index (Phi) is 4.56. The second kappa shape index (κ2) is 6.96. The van der Waals surface area contributed by atoms with Gasteiger partial charge in [0.25, 0.3) is 0 Å². The molecule has 0 radical (unpaired) electrons. The number of carbonyl (C=O) groups is 2. The van der Waals surface area contributed by atoms with Crippen LogP contribution >= 0.6 is 0 Å². The summed E-state index contributed by atoms with van der Waals surface area (Å²) < 4.78 is 5.25. The Hall–Kier alpha value is -3.48. The predicted octanol–water partition coefficient (Wildman–Crippen LogP) is 1.51. The van der Waals surface area contributed by atoms with Crippen molar-refractivity contribution in [1.29, 1.82) is 0 Å². The second-order valence-electron chi connectivity index (χ2n) is 5.27. The van der Waals surface area contributed by atoms with Crippen molar-refractivity contribution in [2.45, 2.75) is 6.04 Å². The minimum absolute atomic E-state index is 0.205. The van der Waals surface area contributed by atoms with E-state index in [4.69, 9.17) is 4.74 Å². The first kappa shape index (κ1) is 16.4. The molecule has 0 aliphatic heterocycles. The van der Waals surface area contributed by atoms with Gasteiger partial charge in [0.1, 0.15) is 11.7 Å². The van der Waals surface area contributed by atoms with Crippen LogP contribution in [0.3, 0.4) is 0 Å². The zero-order valence-electron chi connectivity index (χ0n) is 13.4. The van der Waals surface area contributed by atoms with Gasteiger partial charge >= 0.3 is 17.6 Å². The van der Waals surface area contributed by atoms with Crippen LogP contribution in [-0.2, 0) is 9.53 Å². The molecule has 3 aromatic rings. The van der Waals surface area contributed by atoms with E-state index >= 15 is 0 Å². The molecule has 2 aromatic carbocycles. The molecule has 1 atom stereocenters. The van der Waals surface area contributed by atoms with Gasteiger partial charge < -0.3 is 15.3 Å². The number of aromatic nitrogens is 2. The first-order valence-electron chi connectivity index (χ1n) is 7.52. The van der Waals surface area contributed by atoms with Gasteiger partial charge in [0.2, 0.25) is 5.52 Å². The molecular formula is C18H15N3O4. The number of methoxy groups -OCH3 is 1. The van der Waals surface area contributed by atoms with Crippen LogP contribution in [0.5, 0.6) is 0 Å². The van der Waals surface area contributed by atoms with Crippen molar-refractivity contribution in [3.05, 3.63) is 77.3 Å². The molecule has 126 valence electrons. The lowest BCUT2D eigenvalue weighted by molar-refractivity contribution is -0.580. The third kappa shape index (κ3) is 3.25. The van der Waals surface area contributed by atoms with Crippen LogP contribution in [0.4, 0.5) is 0 Å². The highest BCUT2D eigenvalue weighted by Gasteiger charge is 2.28. The lowest BCUT2D eigenvalue weighted by atomic mass is 10.1. The zero-order valence-corrected chi connectivity index (χ0v) is 13.4. The summed E-state index contributed by atoms with van der Waals surface area (Å²) in [5.41, 5.74) is 1.09. The molecule has 3 rings (SSSR count). The number of hydrogen-bond donors (Lipinski definition) is 1. The predicted molar refractivity (Wildman–Crippen MR) is 89.4 cm³/mol. The summed E-state index contributed by atoms with van der Waals surface area (Å²) in [6.07, 6.45) is 1.18. The minimum atomic E-state index is -1.02. The number of para-hydroxylation sites is 2. The Morgan fingerprint density at radius 1 is 1.12 bits per heavy atom. The highest BCUT2D eigenvalue weighted by Crippen LogP contribution is 2.15. The third-order valence-electron chi connectivity index (χ3n) is 3.72. The Labute approximate surface area is 143 Å². The molecule has 0 saturated heterocycles. The van der Waals surface area contributed by atoms with E-state index in [1.54, 1.807) is 54.6 Å². The smallest absolute Gasteiger partial charge is 0.333 e. The Balaban J connectivity index is 1.94. The zero-order chi connectivity index (χ0) is 17.8. The van der Waals surface area contributed by atoms with Crippen LogP contribution in [0.1, 0.15) is 22.1 Å². The fourth-order valence-electron chi connectivity index (χ4n) is 2.46. The number of fused-ring (bicyclic) bond motifs is 1. The molecule has 0 fully saturated rings. The number of ether oxygens (including phenoxy) is 1. The first-order valence-corrected chi connectivity index (χ1v) is 7.52. The van der Waals surface area contributed by atoms with Gasteiger partial charge in [0.05, 0.1) is 7.11 Å². The van der Waals surface area contributed by atoms with Crippen molar-refractivity contribution in [2.24, 2.45) is 0 Å². The Bertz CT molecular complexity index is 928. The van der Waals surface area contributed by atoms with E-state index in [9.17, 15) is 14.8 Å².